The van der Waals surface area contributed by atoms with Crippen LogP contribution in [0, 0.1) is 17.7 Å². The quantitative estimate of drug-likeness (QED) is 0.870. The summed E-state index contributed by atoms with van der Waals surface area (Å²) in [5, 5.41) is 3.64. The lowest BCUT2D eigenvalue weighted by Crippen LogP contribution is -2.36. The van der Waals surface area contributed by atoms with Crippen molar-refractivity contribution in [2.24, 2.45) is 11.8 Å². The van der Waals surface area contributed by atoms with Gasteiger partial charge in [0.05, 0.1) is 5.02 Å². The normalized spacial score (nSPS) is 25.3. The first kappa shape index (κ1) is 13.8. The van der Waals surface area contributed by atoms with Gasteiger partial charge in [-0.3, -0.25) is 0 Å². The number of rotatable bonds is 4. The Kier molecular flexibility index (Phi) is 4.63. The first-order valence-corrected chi connectivity index (χ1v) is 7.10. The van der Waals surface area contributed by atoms with Crippen LogP contribution in [0.2, 0.25) is 5.02 Å². The Morgan fingerprint density at radius 3 is 2.78 bits per heavy atom. The lowest BCUT2D eigenvalue weighted by atomic mass is 9.86. The van der Waals surface area contributed by atoms with E-state index < -0.39 is 0 Å². The summed E-state index contributed by atoms with van der Waals surface area (Å²) < 4.78 is 13.1. The number of hydrogen-bond donors (Lipinski definition) is 1. The van der Waals surface area contributed by atoms with E-state index in [0.29, 0.717) is 6.04 Å². The van der Waals surface area contributed by atoms with Crippen molar-refractivity contribution in [3.8, 4) is 0 Å². The molecule has 0 amide bonds. The number of nitrogens with one attached hydrogen (secondary N) is 1. The van der Waals surface area contributed by atoms with Gasteiger partial charge in [0.2, 0.25) is 0 Å². The Labute approximate surface area is 114 Å². The third kappa shape index (κ3) is 3.04. The van der Waals surface area contributed by atoms with Crippen LogP contribution in [0.25, 0.3) is 0 Å². The van der Waals surface area contributed by atoms with E-state index in [1.807, 2.05) is 13.1 Å². The molecule has 2 rings (SSSR count). The summed E-state index contributed by atoms with van der Waals surface area (Å²) in [5.41, 5.74) is 1.11. The predicted molar refractivity (Wildman–Crippen MR) is 74.5 cm³/mol. The van der Waals surface area contributed by atoms with Gasteiger partial charge in [0.25, 0.3) is 0 Å². The van der Waals surface area contributed by atoms with E-state index in [0.717, 1.165) is 23.8 Å². The first-order valence-electron chi connectivity index (χ1n) is 6.73. The number of halogens is 2. The largest absolute Gasteiger partial charge is 0.316 e. The highest BCUT2D eigenvalue weighted by Gasteiger charge is 2.29. The van der Waals surface area contributed by atoms with Crippen molar-refractivity contribution < 1.29 is 4.39 Å². The standard InChI is InChI=1S/C15H21ClFN/c1-10-4-3-5-12(10)15(18-2)9-11-6-7-14(17)13(16)8-11/h6-8,10,12,15,18H,3-5,9H2,1-2H3. The zero-order chi connectivity index (χ0) is 13.1. The Hall–Kier alpha value is -0.600. The van der Waals surface area contributed by atoms with Gasteiger partial charge in [-0.05, 0) is 49.4 Å². The van der Waals surface area contributed by atoms with Crippen LogP contribution in [-0.2, 0) is 6.42 Å². The van der Waals surface area contributed by atoms with E-state index in [4.69, 9.17) is 11.6 Å². The number of hydrogen-bond acceptors (Lipinski definition) is 1. The molecule has 3 atom stereocenters. The fraction of sp³-hybridized carbons (Fsp3) is 0.600. The van der Waals surface area contributed by atoms with Gasteiger partial charge in [-0.15, -0.1) is 0 Å². The summed E-state index contributed by atoms with van der Waals surface area (Å²) in [5.74, 6) is 1.16. The van der Waals surface area contributed by atoms with E-state index in [9.17, 15) is 4.39 Å². The fourth-order valence-electron chi connectivity index (χ4n) is 3.16. The van der Waals surface area contributed by atoms with Crippen molar-refractivity contribution in [3.05, 3.63) is 34.6 Å². The van der Waals surface area contributed by atoms with Crippen LogP contribution in [0.4, 0.5) is 4.39 Å². The molecule has 0 aliphatic heterocycles. The van der Waals surface area contributed by atoms with Gasteiger partial charge in [-0.1, -0.05) is 37.4 Å². The molecule has 100 valence electrons. The molecule has 0 heterocycles. The monoisotopic (exact) mass is 269 g/mol. The molecule has 1 aromatic carbocycles. The second-order valence-electron chi connectivity index (χ2n) is 5.42. The highest BCUT2D eigenvalue weighted by molar-refractivity contribution is 6.30. The molecule has 1 fully saturated rings. The van der Waals surface area contributed by atoms with Crippen LogP contribution in [0.15, 0.2) is 18.2 Å². The van der Waals surface area contributed by atoms with Gasteiger partial charge in [0, 0.05) is 6.04 Å². The van der Waals surface area contributed by atoms with Gasteiger partial charge in [0.15, 0.2) is 0 Å². The Morgan fingerprint density at radius 1 is 1.44 bits per heavy atom. The number of benzene rings is 1. The Bertz CT molecular complexity index is 407. The lowest BCUT2D eigenvalue weighted by molar-refractivity contribution is 0.308. The molecule has 18 heavy (non-hydrogen) atoms. The van der Waals surface area contributed by atoms with Crippen molar-refractivity contribution >= 4 is 11.6 Å². The first-order chi connectivity index (χ1) is 8.61. The van der Waals surface area contributed by atoms with Crippen LogP contribution in [-0.4, -0.2) is 13.1 Å². The summed E-state index contributed by atoms with van der Waals surface area (Å²) in [6.45, 7) is 2.33. The summed E-state index contributed by atoms with van der Waals surface area (Å²) >= 11 is 5.83. The molecule has 0 saturated heterocycles. The third-order valence-corrected chi connectivity index (χ3v) is 4.54. The highest BCUT2D eigenvalue weighted by Crippen LogP contribution is 2.34. The molecule has 0 aromatic heterocycles. The van der Waals surface area contributed by atoms with Crippen LogP contribution in [0.5, 0.6) is 0 Å². The molecule has 3 unspecified atom stereocenters. The molecular formula is C15H21ClFN. The van der Waals surface area contributed by atoms with Crippen LogP contribution < -0.4 is 5.32 Å². The summed E-state index contributed by atoms with van der Waals surface area (Å²) in [4.78, 5) is 0. The molecule has 1 nitrogen and oxygen atoms in total. The second kappa shape index (κ2) is 6.03. The minimum Gasteiger partial charge on any atom is -0.316 e. The molecule has 0 spiro atoms. The minimum absolute atomic E-state index is 0.224. The predicted octanol–water partition coefficient (Wildman–Crippen LogP) is 4.05. The molecule has 1 N–H and O–H groups in total. The third-order valence-electron chi connectivity index (χ3n) is 4.26. The molecule has 3 heteroatoms. The van der Waals surface area contributed by atoms with Gasteiger partial charge in [-0.2, -0.15) is 0 Å². The van der Waals surface area contributed by atoms with E-state index in [1.165, 1.54) is 25.3 Å². The van der Waals surface area contributed by atoms with Gasteiger partial charge < -0.3 is 5.32 Å². The zero-order valence-corrected chi connectivity index (χ0v) is 11.8. The average Bonchev–Trinajstić information content (AvgIpc) is 2.77. The summed E-state index contributed by atoms with van der Waals surface area (Å²) in [7, 11) is 2.01. The molecule has 1 aromatic rings. The fourth-order valence-corrected chi connectivity index (χ4v) is 3.36. The second-order valence-corrected chi connectivity index (χ2v) is 5.83. The zero-order valence-electron chi connectivity index (χ0n) is 11.0. The van der Waals surface area contributed by atoms with Crippen molar-refractivity contribution in [1.29, 1.82) is 0 Å². The van der Waals surface area contributed by atoms with Crippen molar-refractivity contribution in [2.75, 3.05) is 7.05 Å². The van der Waals surface area contributed by atoms with Gasteiger partial charge >= 0.3 is 0 Å². The van der Waals surface area contributed by atoms with Gasteiger partial charge in [-0.25, -0.2) is 4.39 Å². The maximum Gasteiger partial charge on any atom is 0.141 e. The molecule has 0 radical (unpaired) electrons. The molecule has 0 bridgehead atoms. The minimum atomic E-state index is -0.337. The van der Waals surface area contributed by atoms with E-state index in [1.54, 1.807) is 6.07 Å². The SMILES string of the molecule is CNC(Cc1ccc(F)c(Cl)c1)C1CCCC1C. The van der Waals surface area contributed by atoms with Crippen molar-refractivity contribution in [1.82, 2.24) is 5.32 Å². The highest BCUT2D eigenvalue weighted by atomic mass is 35.5. The molecular weight excluding hydrogens is 249 g/mol. The van der Waals surface area contributed by atoms with Crippen LogP contribution >= 0.6 is 11.6 Å². The Morgan fingerprint density at radius 2 is 2.22 bits per heavy atom. The van der Waals surface area contributed by atoms with Gasteiger partial charge in [0.1, 0.15) is 5.82 Å². The maximum atomic E-state index is 13.1. The lowest BCUT2D eigenvalue weighted by Gasteiger charge is -2.26. The van der Waals surface area contributed by atoms with E-state index in [2.05, 4.69) is 12.2 Å². The topological polar surface area (TPSA) is 12.0 Å². The average molecular weight is 270 g/mol. The smallest absolute Gasteiger partial charge is 0.141 e. The summed E-state index contributed by atoms with van der Waals surface area (Å²) in [6.07, 6.45) is 4.87. The van der Waals surface area contributed by atoms with Crippen molar-refractivity contribution in [2.45, 2.75) is 38.6 Å². The van der Waals surface area contributed by atoms with E-state index >= 15 is 0 Å². The van der Waals surface area contributed by atoms with Crippen LogP contribution in [0.3, 0.4) is 0 Å². The summed E-state index contributed by atoms with van der Waals surface area (Å²) in [6, 6.07) is 5.51. The van der Waals surface area contributed by atoms with Crippen molar-refractivity contribution in [3.63, 3.8) is 0 Å². The van der Waals surface area contributed by atoms with E-state index in [-0.39, 0.29) is 10.8 Å². The Balaban J connectivity index is 2.07. The number of likely N-dealkylation sites (N-methyl/N-ethyl adjacent to an activating group) is 1. The van der Waals surface area contributed by atoms with Crippen LogP contribution in [0.1, 0.15) is 31.7 Å². The molecule has 1 aliphatic rings. The molecule has 1 aliphatic carbocycles. The molecule has 1 saturated carbocycles. The maximum absolute atomic E-state index is 13.1.